The third-order valence-electron chi connectivity index (χ3n) is 2.38. The highest BCUT2D eigenvalue weighted by atomic mass is 16.2. The van der Waals surface area contributed by atoms with Crippen molar-refractivity contribution < 1.29 is 4.79 Å². The fourth-order valence-corrected chi connectivity index (χ4v) is 1.13. The van der Waals surface area contributed by atoms with Gasteiger partial charge < -0.3 is 10.2 Å². The maximum Gasteiger partial charge on any atom is 0.317 e. The molecular weight excluding hydrogens is 188 g/mol. The SMILES string of the molecule is CC(C)N(C)C(=O)NCc1ccccc1. The number of rotatable bonds is 3. The number of amides is 2. The van der Waals surface area contributed by atoms with Gasteiger partial charge in [0.15, 0.2) is 0 Å². The lowest BCUT2D eigenvalue weighted by atomic mass is 10.2. The number of nitrogens with one attached hydrogen (secondary N) is 1. The Bertz CT molecular complexity index is 309. The fourth-order valence-electron chi connectivity index (χ4n) is 1.13. The third-order valence-corrected chi connectivity index (χ3v) is 2.38. The van der Waals surface area contributed by atoms with E-state index >= 15 is 0 Å². The second kappa shape index (κ2) is 5.39. The summed E-state index contributed by atoms with van der Waals surface area (Å²) >= 11 is 0. The summed E-state index contributed by atoms with van der Waals surface area (Å²) in [5.41, 5.74) is 1.11. The van der Waals surface area contributed by atoms with Gasteiger partial charge in [0.1, 0.15) is 0 Å². The molecule has 0 aliphatic carbocycles. The Kier molecular flexibility index (Phi) is 4.16. The maximum absolute atomic E-state index is 11.6. The molecule has 0 aliphatic heterocycles. The van der Waals surface area contributed by atoms with Gasteiger partial charge in [-0.2, -0.15) is 0 Å². The van der Waals surface area contributed by atoms with Gasteiger partial charge in [-0.3, -0.25) is 0 Å². The van der Waals surface area contributed by atoms with Crippen molar-refractivity contribution in [3.8, 4) is 0 Å². The third kappa shape index (κ3) is 3.62. The molecule has 0 aliphatic rings. The molecule has 2 amide bonds. The van der Waals surface area contributed by atoms with Crippen molar-refractivity contribution in [1.29, 1.82) is 0 Å². The molecule has 0 atom stereocenters. The molecule has 0 fully saturated rings. The smallest absolute Gasteiger partial charge is 0.317 e. The largest absolute Gasteiger partial charge is 0.334 e. The van der Waals surface area contributed by atoms with Gasteiger partial charge in [-0.25, -0.2) is 4.79 Å². The molecule has 0 unspecified atom stereocenters. The van der Waals surface area contributed by atoms with Crippen molar-refractivity contribution >= 4 is 6.03 Å². The first-order valence-corrected chi connectivity index (χ1v) is 5.16. The maximum atomic E-state index is 11.6. The molecule has 0 aromatic heterocycles. The van der Waals surface area contributed by atoms with Crippen molar-refractivity contribution in [2.24, 2.45) is 0 Å². The van der Waals surface area contributed by atoms with Crippen LogP contribution in [-0.2, 0) is 6.54 Å². The van der Waals surface area contributed by atoms with Crippen molar-refractivity contribution in [3.63, 3.8) is 0 Å². The number of hydrogen-bond acceptors (Lipinski definition) is 1. The van der Waals surface area contributed by atoms with Gasteiger partial charge in [0, 0.05) is 19.6 Å². The zero-order chi connectivity index (χ0) is 11.3. The van der Waals surface area contributed by atoms with Crippen LogP contribution in [0.2, 0.25) is 0 Å². The van der Waals surface area contributed by atoms with Gasteiger partial charge in [0.25, 0.3) is 0 Å². The molecular formula is C12H18N2O. The summed E-state index contributed by atoms with van der Waals surface area (Å²) in [6.45, 7) is 4.56. The van der Waals surface area contributed by atoms with Gasteiger partial charge in [-0.1, -0.05) is 30.3 Å². The van der Waals surface area contributed by atoms with Crippen LogP contribution in [0.1, 0.15) is 19.4 Å². The van der Waals surface area contributed by atoms with E-state index in [1.807, 2.05) is 44.2 Å². The molecule has 1 aromatic carbocycles. The fraction of sp³-hybridized carbons (Fsp3) is 0.417. The Labute approximate surface area is 91.1 Å². The van der Waals surface area contributed by atoms with Crippen molar-refractivity contribution in [1.82, 2.24) is 10.2 Å². The molecule has 0 saturated heterocycles. The van der Waals surface area contributed by atoms with Crippen molar-refractivity contribution in [2.75, 3.05) is 7.05 Å². The Morgan fingerprint density at radius 1 is 1.33 bits per heavy atom. The molecule has 1 rings (SSSR count). The number of carbonyl (C=O) groups excluding carboxylic acids is 1. The van der Waals surface area contributed by atoms with Gasteiger partial charge in [-0.15, -0.1) is 0 Å². The molecule has 82 valence electrons. The first-order chi connectivity index (χ1) is 7.11. The Morgan fingerprint density at radius 3 is 2.47 bits per heavy atom. The predicted molar refractivity (Wildman–Crippen MR) is 61.6 cm³/mol. The molecule has 0 spiro atoms. The van der Waals surface area contributed by atoms with Gasteiger partial charge in [0.2, 0.25) is 0 Å². The highest BCUT2D eigenvalue weighted by Gasteiger charge is 2.10. The Balaban J connectivity index is 2.41. The summed E-state index contributed by atoms with van der Waals surface area (Å²) < 4.78 is 0. The summed E-state index contributed by atoms with van der Waals surface area (Å²) in [6, 6.07) is 10.1. The highest BCUT2D eigenvalue weighted by molar-refractivity contribution is 5.74. The highest BCUT2D eigenvalue weighted by Crippen LogP contribution is 1.99. The zero-order valence-corrected chi connectivity index (χ0v) is 9.53. The van der Waals surface area contributed by atoms with Crippen LogP contribution >= 0.6 is 0 Å². The quantitative estimate of drug-likeness (QED) is 0.808. The van der Waals surface area contributed by atoms with E-state index in [0.29, 0.717) is 6.54 Å². The van der Waals surface area contributed by atoms with Crippen LogP contribution < -0.4 is 5.32 Å². The average Bonchev–Trinajstić information content (AvgIpc) is 2.26. The van der Waals surface area contributed by atoms with E-state index in [9.17, 15) is 4.79 Å². The molecule has 1 aromatic rings. The van der Waals surface area contributed by atoms with Crippen LogP contribution in [0.5, 0.6) is 0 Å². The first-order valence-electron chi connectivity index (χ1n) is 5.16. The predicted octanol–water partition coefficient (Wildman–Crippen LogP) is 2.24. The minimum atomic E-state index is -0.0335. The summed E-state index contributed by atoms with van der Waals surface area (Å²) in [7, 11) is 1.80. The van der Waals surface area contributed by atoms with Crippen molar-refractivity contribution in [3.05, 3.63) is 35.9 Å². The van der Waals surface area contributed by atoms with Crippen LogP contribution in [0.25, 0.3) is 0 Å². The second-order valence-corrected chi connectivity index (χ2v) is 3.85. The lowest BCUT2D eigenvalue weighted by Gasteiger charge is -2.21. The lowest BCUT2D eigenvalue weighted by Crippen LogP contribution is -2.40. The normalized spacial score (nSPS) is 10.1. The van der Waals surface area contributed by atoms with Crippen LogP contribution in [0.15, 0.2) is 30.3 Å². The number of urea groups is 1. The van der Waals surface area contributed by atoms with E-state index < -0.39 is 0 Å². The van der Waals surface area contributed by atoms with Crippen LogP contribution in [0.4, 0.5) is 4.79 Å². The molecule has 15 heavy (non-hydrogen) atoms. The molecule has 3 nitrogen and oxygen atoms in total. The molecule has 3 heteroatoms. The average molecular weight is 206 g/mol. The Morgan fingerprint density at radius 2 is 1.93 bits per heavy atom. The van der Waals surface area contributed by atoms with E-state index in [-0.39, 0.29) is 12.1 Å². The van der Waals surface area contributed by atoms with E-state index in [2.05, 4.69) is 5.32 Å². The second-order valence-electron chi connectivity index (χ2n) is 3.85. The van der Waals surface area contributed by atoms with E-state index in [1.54, 1.807) is 11.9 Å². The first kappa shape index (κ1) is 11.6. The lowest BCUT2D eigenvalue weighted by molar-refractivity contribution is 0.197. The monoisotopic (exact) mass is 206 g/mol. The van der Waals surface area contributed by atoms with E-state index in [0.717, 1.165) is 5.56 Å². The number of nitrogens with zero attached hydrogens (tertiary/aromatic N) is 1. The summed E-state index contributed by atoms with van der Waals surface area (Å²) in [6.07, 6.45) is 0. The van der Waals surface area contributed by atoms with E-state index in [4.69, 9.17) is 0 Å². The van der Waals surface area contributed by atoms with Gasteiger partial charge >= 0.3 is 6.03 Å². The van der Waals surface area contributed by atoms with Gasteiger partial charge in [-0.05, 0) is 19.4 Å². The minimum Gasteiger partial charge on any atom is -0.334 e. The number of hydrogen-bond donors (Lipinski definition) is 1. The molecule has 0 saturated carbocycles. The Hall–Kier alpha value is -1.51. The summed E-state index contributed by atoms with van der Waals surface area (Å²) in [5.74, 6) is 0. The number of benzene rings is 1. The topological polar surface area (TPSA) is 32.3 Å². The van der Waals surface area contributed by atoms with Crippen molar-refractivity contribution in [2.45, 2.75) is 26.4 Å². The molecule has 0 heterocycles. The summed E-state index contributed by atoms with van der Waals surface area (Å²) in [4.78, 5) is 13.3. The number of carbonyl (C=O) groups is 1. The van der Waals surface area contributed by atoms with Crippen LogP contribution in [-0.4, -0.2) is 24.0 Å². The van der Waals surface area contributed by atoms with Crippen LogP contribution in [0.3, 0.4) is 0 Å². The molecule has 0 bridgehead atoms. The molecule has 0 radical (unpaired) electrons. The minimum absolute atomic E-state index is 0.0335. The zero-order valence-electron chi connectivity index (χ0n) is 9.53. The molecule has 1 N–H and O–H groups in total. The van der Waals surface area contributed by atoms with Crippen LogP contribution in [0, 0.1) is 0 Å². The van der Waals surface area contributed by atoms with Gasteiger partial charge in [0.05, 0.1) is 0 Å². The standard InChI is InChI=1S/C12H18N2O/c1-10(2)14(3)12(15)13-9-11-7-5-4-6-8-11/h4-8,10H,9H2,1-3H3,(H,13,15). The summed E-state index contributed by atoms with van der Waals surface area (Å²) in [5, 5.41) is 2.87. The van der Waals surface area contributed by atoms with E-state index in [1.165, 1.54) is 0 Å².